The third-order valence-electron chi connectivity index (χ3n) is 2.87. The zero-order valence-corrected chi connectivity index (χ0v) is 13.2. The van der Waals surface area contributed by atoms with Gasteiger partial charge in [0, 0.05) is 18.5 Å². The van der Waals surface area contributed by atoms with Gasteiger partial charge in [0.15, 0.2) is 0 Å². The molecular formula is C16H25BrO2. The summed E-state index contributed by atoms with van der Waals surface area (Å²) in [6, 6.07) is 10.0. The first kappa shape index (κ1) is 16.5. The third kappa shape index (κ3) is 9.97. The van der Waals surface area contributed by atoms with Gasteiger partial charge in [-0.15, -0.1) is 0 Å². The predicted octanol–water partition coefficient (Wildman–Crippen LogP) is 4.82. The monoisotopic (exact) mass is 328 g/mol. The summed E-state index contributed by atoms with van der Waals surface area (Å²) in [5.74, 6) is 0.970. The first-order valence-corrected chi connectivity index (χ1v) is 8.37. The van der Waals surface area contributed by atoms with Crippen LogP contribution < -0.4 is 4.74 Å². The van der Waals surface area contributed by atoms with Gasteiger partial charge >= 0.3 is 0 Å². The Morgan fingerprint density at radius 1 is 0.737 bits per heavy atom. The number of benzene rings is 1. The van der Waals surface area contributed by atoms with E-state index in [2.05, 4.69) is 15.9 Å². The molecule has 0 bridgehead atoms. The summed E-state index contributed by atoms with van der Waals surface area (Å²) in [7, 11) is 0. The number of para-hydroxylation sites is 1. The summed E-state index contributed by atoms with van der Waals surface area (Å²) in [5, 5.41) is 1.08. The van der Waals surface area contributed by atoms with Gasteiger partial charge in [0.1, 0.15) is 5.75 Å². The SMILES string of the molecule is BrCCCCOCCCCCCOc1ccccc1. The van der Waals surface area contributed by atoms with E-state index in [1.54, 1.807) is 0 Å². The summed E-state index contributed by atoms with van der Waals surface area (Å²) < 4.78 is 11.2. The van der Waals surface area contributed by atoms with Crippen LogP contribution in [0.5, 0.6) is 5.75 Å². The van der Waals surface area contributed by atoms with E-state index < -0.39 is 0 Å². The number of alkyl halides is 1. The molecule has 3 heteroatoms. The second kappa shape index (κ2) is 12.5. The quantitative estimate of drug-likeness (QED) is 0.404. The smallest absolute Gasteiger partial charge is 0.119 e. The predicted molar refractivity (Wildman–Crippen MR) is 84.3 cm³/mol. The zero-order chi connectivity index (χ0) is 13.6. The highest BCUT2D eigenvalue weighted by Crippen LogP contribution is 2.09. The zero-order valence-electron chi connectivity index (χ0n) is 11.7. The molecule has 0 unspecified atom stereocenters. The minimum atomic E-state index is 0.816. The molecule has 1 aromatic carbocycles. The first-order chi connectivity index (χ1) is 9.43. The van der Waals surface area contributed by atoms with Crippen LogP contribution in [0.25, 0.3) is 0 Å². The molecule has 0 amide bonds. The van der Waals surface area contributed by atoms with Gasteiger partial charge in [-0.05, 0) is 44.2 Å². The number of hydrogen-bond acceptors (Lipinski definition) is 2. The van der Waals surface area contributed by atoms with Crippen LogP contribution in [0.1, 0.15) is 38.5 Å². The molecule has 0 atom stereocenters. The molecule has 1 rings (SSSR count). The van der Waals surface area contributed by atoms with Crippen molar-refractivity contribution in [2.45, 2.75) is 38.5 Å². The largest absolute Gasteiger partial charge is 0.494 e. The maximum Gasteiger partial charge on any atom is 0.119 e. The summed E-state index contributed by atoms with van der Waals surface area (Å²) in [6.07, 6.45) is 7.11. The highest BCUT2D eigenvalue weighted by atomic mass is 79.9. The van der Waals surface area contributed by atoms with Crippen molar-refractivity contribution in [3.63, 3.8) is 0 Å². The van der Waals surface area contributed by atoms with Gasteiger partial charge in [0.2, 0.25) is 0 Å². The lowest BCUT2D eigenvalue weighted by atomic mass is 10.2. The van der Waals surface area contributed by atoms with Crippen molar-refractivity contribution in [1.29, 1.82) is 0 Å². The van der Waals surface area contributed by atoms with E-state index in [-0.39, 0.29) is 0 Å². The molecule has 0 aromatic heterocycles. The summed E-state index contributed by atoms with van der Waals surface area (Å²) >= 11 is 3.42. The molecule has 0 saturated heterocycles. The average Bonchev–Trinajstić information content (AvgIpc) is 2.46. The topological polar surface area (TPSA) is 18.5 Å². The van der Waals surface area contributed by atoms with Crippen molar-refractivity contribution in [2.75, 3.05) is 25.2 Å². The number of rotatable bonds is 12. The average molecular weight is 329 g/mol. The Labute approximate surface area is 125 Å². The van der Waals surface area contributed by atoms with E-state index in [9.17, 15) is 0 Å². The van der Waals surface area contributed by atoms with Gasteiger partial charge in [-0.3, -0.25) is 0 Å². The van der Waals surface area contributed by atoms with Crippen molar-refractivity contribution in [3.05, 3.63) is 30.3 Å². The molecule has 0 heterocycles. The van der Waals surface area contributed by atoms with Crippen LogP contribution >= 0.6 is 15.9 Å². The fraction of sp³-hybridized carbons (Fsp3) is 0.625. The van der Waals surface area contributed by atoms with E-state index >= 15 is 0 Å². The molecule has 0 aliphatic heterocycles. The van der Waals surface area contributed by atoms with Gasteiger partial charge in [-0.1, -0.05) is 40.5 Å². The van der Waals surface area contributed by atoms with Gasteiger partial charge in [-0.25, -0.2) is 0 Å². The van der Waals surface area contributed by atoms with E-state index in [0.29, 0.717) is 0 Å². The van der Waals surface area contributed by atoms with Gasteiger partial charge in [0.25, 0.3) is 0 Å². The summed E-state index contributed by atoms with van der Waals surface area (Å²) in [6.45, 7) is 2.63. The van der Waals surface area contributed by atoms with E-state index in [1.807, 2.05) is 30.3 Å². The first-order valence-electron chi connectivity index (χ1n) is 7.25. The van der Waals surface area contributed by atoms with Crippen LogP contribution in [0.3, 0.4) is 0 Å². The van der Waals surface area contributed by atoms with Gasteiger partial charge in [-0.2, -0.15) is 0 Å². The Kier molecular flexibility index (Phi) is 10.9. The maximum absolute atomic E-state index is 5.64. The number of unbranched alkanes of at least 4 members (excludes halogenated alkanes) is 4. The number of hydrogen-bond donors (Lipinski definition) is 0. The molecule has 0 saturated carbocycles. The second-order valence-corrected chi connectivity index (χ2v) is 5.38. The van der Waals surface area contributed by atoms with E-state index in [1.165, 1.54) is 25.7 Å². The Bertz CT molecular complexity index is 290. The lowest BCUT2D eigenvalue weighted by molar-refractivity contribution is 0.127. The molecular weight excluding hydrogens is 304 g/mol. The van der Waals surface area contributed by atoms with Crippen LogP contribution in [0.2, 0.25) is 0 Å². The van der Waals surface area contributed by atoms with Crippen molar-refractivity contribution >= 4 is 15.9 Å². The highest BCUT2D eigenvalue weighted by molar-refractivity contribution is 9.09. The molecule has 0 fully saturated rings. The minimum absolute atomic E-state index is 0.816. The van der Waals surface area contributed by atoms with Gasteiger partial charge in [0.05, 0.1) is 6.61 Å². The van der Waals surface area contributed by atoms with Crippen LogP contribution in [0.15, 0.2) is 30.3 Å². The summed E-state index contributed by atoms with van der Waals surface area (Å²) in [4.78, 5) is 0. The number of ether oxygens (including phenoxy) is 2. The van der Waals surface area contributed by atoms with E-state index in [4.69, 9.17) is 9.47 Å². The van der Waals surface area contributed by atoms with Crippen molar-refractivity contribution in [1.82, 2.24) is 0 Å². The lowest BCUT2D eigenvalue weighted by Crippen LogP contribution is -1.99. The van der Waals surface area contributed by atoms with E-state index in [0.717, 1.165) is 43.7 Å². The standard InChI is InChI=1S/C16H25BrO2/c17-12-6-9-14-18-13-7-1-2-8-15-19-16-10-4-3-5-11-16/h3-5,10-11H,1-2,6-9,12-15H2. The second-order valence-electron chi connectivity index (χ2n) is 4.58. The molecule has 0 N–H and O–H groups in total. The minimum Gasteiger partial charge on any atom is -0.494 e. The normalized spacial score (nSPS) is 10.6. The Morgan fingerprint density at radius 2 is 1.37 bits per heavy atom. The molecule has 0 aliphatic rings. The molecule has 0 radical (unpaired) electrons. The summed E-state index contributed by atoms with van der Waals surface area (Å²) in [5.41, 5.74) is 0. The fourth-order valence-corrected chi connectivity index (χ4v) is 2.16. The highest BCUT2D eigenvalue weighted by Gasteiger charge is 1.94. The molecule has 1 aromatic rings. The molecule has 0 spiro atoms. The molecule has 0 aliphatic carbocycles. The lowest BCUT2D eigenvalue weighted by Gasteiger charge is -2.06. The van der Waals surface area contributed by atoms with Crippen molar-refractivity contribution < 1.29 is 9.47 Å². The van der Waals surface area contributed by atoms with Crippen LogP contribution in [0, 0.1) is 0 Å². The third-order valence-corrected chi connectivity index (χ3v) is 3.43. The molecule has 19 heavy (non-hydrogen) atoms. The van der Waals surface area contributed by atoms with Crippen LogP contribution in [0.4, 0.5) is 0 Å². The Hall–Kier alpha value is -0.540. The fourth-order valence-electron chi connectivity index (χ4n) is 1.77. The Morgan fingerprint density at radius 3 is 2.05 bits per heavy atom. The van der Waals surface area contributed by atoms with Crippen LogP contribution in [-0.2, 0) is 4.74 Å². The van der Waals surface area contributed by atoms with Crippen molar-refractivity contribution in [2.24, 2.45) is 0 Å². The maximum atomic E-state index is 5.64. The van der Waals surface area contributed by atoms with Gasteiger partial charge < -0.3 is 9.47 Å². The number of halogens is 1. The molecule has 2 nitrogen and oxygen atoms in total. The molecule has 108 valence electrons. The van der Waals surface area contributed by atoms with Crippen LogP contribution in [-0.4, -0.2) is 25.2 Å². The van der Waals surface area contributed by atoms with Crippen molar-refractivity contribution in [3.8, 4) is 5.75 Å². The Balaban J connectivity index is 1.79.